The number of unbranched alkanes of at least 4 members (excludes halogenated alkanes) is 1. The highest BCUT2D eigenvalue weighted by Crippen LogP contribution is 2.26. The first-order valence-electron chi connectivity index (χ1n) is 6.57. The molecule has 4 N–H and O–H groups in total. The number of hydrogen-bond acceptors (Lipinski definition) is 4. The Labute approximate surface area is 114 Å². The van der Waals surface area contributed by atoms with Crippen LogP contribution in [0, 0.1) is 0 Å². The predicted octanol–water partition coefficient (Wildman–Crippen LogP) is 3.18. The van der Waals surface area contributed by atoms with Gasteiger partial charge in [-0.3, -0.25) is 0 Å². The molecule has 19 heavy (non-hydrogen) atoms. The van der Waals surface area contributed by atoms with Crippen molar-refractivity contribution < 1.29 is 0 Å². The largest absolute Gasteiger partial charge is 0.396 e. The van der Waals surface area contributed by atoms with Gasteiger partial charge in [0, 0.05) is 12.2 Å². The molecule has 0 aliphatic rings. The number of pyridine rings is 1. The molecule has 0 aliphatic heterocycles. The zero-order chi connectivity index (χ0) is 13.7. The summed E-state index contributed by atoms with van der Waals surface area (Å²) in [5, 5.41) is 0. The summed E-state index contributed by atoms with van der Waals surface area (Å²) in [4.78, 5) is 6.55. The van der Waals surface area contributed by atoms with Crippen molar-refractivity contribution in [2.24, 2.45) is 0 Å². The number of aromatic nitrogens is 1. The van der Waals surface area contributed by atoms with Crippen molar-refractivity contribution in [3.63, 3.8) is 0 Å². The van der Waals surface area contributed by atoms with Crippen LogP contribution in [0.3, 0.4) is 0 Å². The minimum absolute atomic E-state index is 0.384. The van der Waals surface area contributed by atoms with Crippen molar-refractivity contribution in [3.8, 4) is 0 Å². The van der Waals surface area contributed by atoms with Gasteiger partial charge in [0.15, 0.2) is 0 Å². The lowest BCUT2D eigenvalue weighted by atomic mass is 10.2. The fourth-order valence-corrected chi connectivity index (χ4v) is 1.93. The van der Waals surface area contributed by atoms with Gasteiger partial charge in [-0.2, -0.15) is 0 Å². The SMILES string of the molecule is CCCCN(c1ccccc1)c1ccc(N)c(N)n1. The van der Waals surface area contributed by atoms with E-state index in [9.17, 15) is 0 Å². The molecular weight excluding hydrogens is 236 g/mol. The summed E-state index contributed by atoms with van der Waals surface area (Å²) in [6.45, 7) is 3.09. The van der Waals surface area contributed by atoms with Gasteiger partial charge < -0.3 is 16.4 Å². The van der Waals surface area contributed by atoms with E-state index in [4.69, 9.17) is 11.5 Å². The molecule has 2 aromatic rings. The van der Waals surface area contributed by atoms with E-state index in [0.29, 0.717) is 11.5 Å². The minimum Gasteiger partial charge on any atom is -0.396 e. The van der Waals surface area contributed by atoms with Crippen LogP contribution >= 0.6 is 0 Å². The maximum absolute atomic E-state index is 5.80. The summed E-state index contributed by atoms with van der Waals surface area (Å²) in [5.74, 6) is 1.22. The fraction of sp³-hybridized carbons (Fsp3) is 0.267. The Balaban J connectivity index is 2.34. The van der Waals surface area contributed by atoms with E-state index in [-0.39, 0.29) is 0 Å². The summed E-state index contributed by atoms with van der Waals surface area (Å²) < 4.78 is 0. The van der Waals surface area contributed by atoms with Crippen LogP contribution in [0.2, 0.25) is 0 Å². The molecule has 0 saturated heterocycles. The second-order valence-electron chi connectivity index (χ2n) is 4.48. The normalized spacial score (nSPS) is 10.4. The van der Waals surface area contributed by atoms with Gasteiger partial charge in [-0.1, -0.05) is 31.5 Å². The molecular formula is C15H20N4. The van der Waals surface area contributed by atoms with Crippen LogP contribution in [0.25, 0.3) is 0 Å². The molecule has 0 fully saturated rings. The third-order valence-corrected chi connectivity index (χ3v) is 3.02. The standard InChI is InChI=1S/C15H20N4/c1-2-3-11-19(12-7-5-4-6-8-12)14-10-9-13(16)15(17)18-14/h4-10H,2-3,11,16H2,1H3,(H2,17,18). The quantitative estimate of drug-likeness (QED) is 0.862. The van der Waals surface area contributed by atoms with Crippen molar-refractivity contribution in [3.05, 3.63) is 42.5 Å². The highest BCUT2D eigenvalue weighted by Gasteiger charge is 2.11. The number of nitrogens with zero attached hydrogens (tertiary/aromatic N) is 2. The first-order chi connectivity index (χ1) is 9.22. The molecule has 1 aromatic heterocycles. The number of nitrogen functional groups attached to an aromatic ring is 2. The third-order valence-electron chi connectivity index (χ3n) is 3.02. The van der Waals surface area contributed by atoms with E-state index in [2.05, 4.69) is 28.9 Å². The Morgan fingerprint density at radius 1 is 1.05 bits per heavy atom. The molecule has 0 spiro atoms. The first-order valence-corrected chi connectivity index (χ1v) is 6.57. The van der Waals surface area contributed by atoms with Crippen LogP contribution in [0.5, 0.6) is 0 Å². The van der Waals surface area contributed by atoms with Gasteiger partial charge in [-0.05, 0) is 30.7 Å². The van der Waals surface area contributed by atoms with E-state index in [1.54, 1.807) is 6.07 Å². The molecule has 0 atom stereocenters. The summed E-state index contributed by atoms with van der Waals surface area (Å²) >= 11 is 0. The Morgan fingerprint density at radius 3 is 2.42 bits per heavy atom. The topological polar surface area (TPSA) is 68.2 Å². The molecule has 0 bridgehead atoms. The summed E-state index contributed by atoms with van der Waals surface area (Å²) in [5.41, 5.74) is 13.2. The second-order valence-corrected chi connectivity index (χ2v) is 4.48. The molecule has 0 unspecified atom stereocenters. The molecule has 1 heterocycles. The molecule has 2 rings (SSSR count). The van der Waals surface area contributed by atoms with Crippen LogP contribution in [0.1, 0.15) is 19.8 Å². The Morgan fingerprint density at radius 2 is 1.79 bits per heavy atom. The van der Waals surface area contributed by atoms with E-state index in [1.165, 1.54) is 0 Å². The molecule has 4 heteroatoms. The van der Waals surface area contributed by atoms with Crippen molar-refractivity contribution in [2.75, 3.05) is 22.9 Å². The summed E-state index contributed by atoms with van der Waals surface area (Å²) in [7, 11) is 0. The van der Waals surface area contributed by atoms with Crippen LogP contribution in [0.15, 0.2) is 42.5 Å². The van der Waals surface area contributed by atoms with E-state index < -0.39 is 0 Å². The predicted molar refractivity (Wildman–Crippen MR) is 81.4 cm³/mol. The molecule has 0 saturated carbocycles. The number of benzene rings is 1. The minimum atomic E-state index is 0.384. The monoisotopic (exact) mass is 256 g/mol. The van der Waals surface area contributed by atoms with Gasteiger partial charge in [0.1, 0.15) is 11.6 Å². The average molecular weight is 256 g/mol. The van der Waals surface area contributed by atoms with Gasteiger partial charge >= 0.3 is 0 Å². The lowest BCUT2D eigenvalue weighted by Gasteiger charge is -2.24. The number of para-hydroxylation sites is 1. The van der Waals surface area contributed by atoms with Gasteiger partial charge in [-0.15, -0.1) is 0 Å². The van der Waals surface area contributed by atoms with Gasteiger partial charge in [0.2, 0.25) is 0 Å². The van der Waals surface area contributed by atoms with Crippen molar-refractivity contribution in [1.82, 2.24) is 4.98 Å². The lowest BCUT2D eigenvalue weighted by molar-refractivity contribution is 0.780. The zero-order valence-electron chi connectivity index (χ0n) is 11.2. The Kier molecular flexibility index (Phi) is 4.23. The molecule has 0 amide bonds. The summed E-state index contributed by atoms with van der Waals surface area (Å²) in [6.07, 6.45) is 2.23. The molecule has 4 nitrogen and oxygen atoms in total. The lowest BCUT2D eigenvalue weighted by Crippen LogP contribution is -2.20. The zero-order valence-corrected chi connectivity index (χ0v) is 11.2. The van der Waals surface area contributed by atoms with Crippen molar-refractivity contribution >= 4 is 23.0 Å². The molecule has 100 valence electrons. The van der Waals surface area contributed by atoms with E-state index >= 15 is 0 Å². The number of hydrogen-bond donors (Lipinski definition) is 2. The van der Waals surface area contributed by atoms with Gasteiger partial charge in [0.05, 0.1) is 5.69 Å². The molecule has 0 radical (unpaired) electrons. The fourth-order valence-electron chi connectivity index (χ4n) is 1.93. The van der Waals surface area contributed by atoms with Gasteiger partial charge in [-0.25, -0.2) is 4.98 Å². The number of anilines is 4. The molecule has 1 aromatic carbocycles. The maximum Gasteiger partial charge on any atom is 0.149 e. The smallest absolute Gasteiger partial charge is 0.149 e. The second kappa shape index (κ2) is 6.09. The van der Waals surface area contributed by atoms with Gasteiger partial charge in [0.25, 0.3) is 0 Å². The van der Waals surface area contributed by atoms with E-state index in [0.717, 1.165) is 30.9 Å². The Hall–Kier alpha value is -2.23. The maximum atomic E-state index is 5.80. The van der Waals surface area contributed by atoms with E-state index in [1.807, 2.05) is 24.3 Å². The third kappa shape index (κ3) is 3.16. The number of rotatable bonds is 5. The van der Waals surface area contributed by atoms with Crippen LogP contribution in [-0.4, -0.2) is 11.5 Å². The van der Waals surface area contributed by atoms with Crippen molar-refractivity contribution in [2.45, 2.75) is 19.8 Å². The first kappa shape index (κ1) is 13.2. The number of nitrogens with two attached hydrogens (primary N) is 2. The molecule has 0 aliphatic carbocycles. The van der Waals surface area contributed by atoms with Crippen molar-refractivity contribution in [1.29, 1.82) is 0 Å². The summed E-state index contributed by atoms with van der Waals surface area (Å²) in [6, 6.07) is 13.9. The average Bonchev–Trinajstić information content (AvgIpc) is 2.44. The highest BCUT2D eigenvalue weighted by atomic mass is 15.2. The van der Waals surface area contributed by atoms with Crippen LogP contribution in [0.4, 0.5) is 23.0 Å². The van der Waals surface area contributed by atoms with Crippen LogP contribution < -0.4 is 16.4 Å². The Bertz CT molecular complexity index is 525. The van der Waals surface area contributed by atoms with Crippen LogP contribution in [-0.2, 0) is 0 Å². The highest BCUT2D eigenvalue weighted by molar-refractivity contribution is 5.66.